The van der Waals surface area contributed by atoms with Crippen LogP contribution in [0, 0.1) is 6.92 Å². The van der Waals surface area contributed by atoms with E-state index in [9.17, 15) is 14.7 Å². The lowest BCUT2D eigenvalue weighted by atomic mass is 9.94. The van der Waals surface area contributed by atoms with E-state index in [0.29, 0.717) is 28.3 Å². The Morgan fingerprint density at radius 1 is 0.971 bits per heavy atom. The van der Waals surface area contributed by atoms with Gasteiger partial charge in [0.25, 0.3) is 11.7 Å². The Kier molecular flexibility index (Phi) is 6.98. The molecule has 1 aliphatic heterocycles. The highest BCUT2D eigenvalue weighted by atomic mass is 79.9. The van der Waals surface area contributed by atoms with Gasteiger partial charge in [-0.15, -0.1) is 0 Å². The standard InChI is InChI=1S/C28H26BrNO5/c1-5-17-6-8-18(9-7-17)25-24(26(31)19-10-12-21(29)16(2)14-19)27(32)28(33)30(25)20-11-13-22(34-3)23(15-20)35-4/h6-15,25,31H,5H2,1-4H3/b26-24+. The molecule has 7 heteroatoms. The van der Waals surface area contributed by atoms with Crippen LogP contribution in [0.1, 0.15) is 35.2 Å². The molecular formula is C28H26BrNO5. The maximum absolute atomic E-state index is 13.4. The summed E-state index contributed by atoms with van der Waals surface area (Å²) in [5.41, 5.74) is 3.70. The molecule has 0 radical (unpaired) electrons. The molecule has 1 unspecified atom stereocenters. The molecule has 0 bridgehead atoms. The first-order chi connectivity index (χ1) is 16.8. The fourth-order valence-corrected chi connectivity index (χ4v) is 4.52. The van der Waals surface area contributed by atoms with Crippen LogP contribution in [0.5, 0.6) is 11.5 Å². The number of benzene rings is 3. The van der Waals surface area contributed by atoms with Crippen LogP contribution in [0.2, 0.25) is 0 Å². The van der Waals surface area contributed by atoms with Crippen molar-refractivity contribution in [1.29, 1.82) is 0 Å². The third kappa shape index (κ3) is 4.44. The molecule has 3 aromatic rings. The molecule has 3 aromatic carbocycles. The number of carbonyl (C=O) groups is 2. The first-order valence-electron chi connectivity index (χ1n) is 11.2. The molecule has 4 rings (SSSR count). The average molecular weight is 536 g/mol. The van der Waals surface area contributed by atoms with Gasteiger partial charge in [-0.1, -0.05) is 53.2 Å². The number of methoxy groups -OCH3 is 2. The first-order valence-corrected chi connectivity index (χ1v) is 12.0. The number of hydrogen-bond acceptors (Lipinski definition) is 5. The number of amides is 1. The van der Waals surface area contributed by atoms with E-state index in [1.165, 1.54) is 19.1 Å². The van der Waals surface area contributed by atoms with Gasteiger partial charge in [0.15, 0.2) is 11.5 Å². The fraction of sp³-hybridized carbons (Fsp3) is 0.214. The van der Waals surface area contributed by atoms with E-state index in [4.69, 9.17) is 9.47 Å². The number of aryl methyl sites for hydroxylation is 2. The van der Waals surface area contributed by atoms with Crippen LogP contribution >= 0.6 is 15.9 Å². The third-order valence-corrected chi connectivity index (χ3v) is 7.11. The van der Waals surface area contributed by atoms with Crippen molar-refractivity contribution in [3.63, 3.8) is 0 Å². The van der Waals surface area contributed by atoms with Gasteiger partial charge in [-0.2, -0.15) is 0 Å². The van der Waals surface area contributed by atoms with E-state index in [1.807, 2.05) is 31.2 Å². The minimum absolute atomic E-state index is 0.0377. The quantitative estimate of drug-likeness (QED) is 0.239. The largest absolute Gasteiger partial charge is 0.507 e. The van der Waals surface area contributed by atoms with E-state index < -0.39 is 17.7 Å². The summed E-state index contributed by atoms with van der Waals surface area (Å²) in [5, 5.41) is 11.3. The molecular weight excluding hydrogens is 510 g/mol. The molecule has 1 atom stereocenters. The van der Waals surface area contributed by atoms with Gasteiger partial charge in [0.05, 0.1) is 25.8 Å². The molecule has 0 aromatic heterocycles. The maximum atomic E-state index is 13.4. The Morgan fingerprint density at radius 2 is 1.66 bits per heavy atom. The van der Waals surface area contributed by atoms with Crippen LogP contribution in [0.4, 0.5) is 5.69 Å². The molecule has 35 heavy (non-hydrogen) atoms. The zero-order valence-corrected chi connectivity index (χ0v) is 21.5. The van der Waals surface area contributed by atoms with Crippen LogP contribution in [0.25, 0.3) is 5.76 Å². The number of halogens is 1. The topological polar surface area (TPSA) is 76.1 Å². The van der Waals surface area contributed by atoms with Gasteiger partial charge in [-0.05, 0) is 54.3 Å². The van der Waals surface area contributed by atoms with E-state index in [0.717, 1.165) is 22.0 Å². The average Bonchev–Trinajstić information content (AvgIpc) is 3.15. The van der Waals surface area contributed by atoms with Gasteiger partial charge in [-0.3, -0.25) is 14.5 Å². The molecule has 0 spiro atoms. The van der Waals surface area contributed by atoms with Crippen molar-refractivity contribution >= 4 is 39.1 Å². The number of hydrogen-bond donors (Lipinski definition) is 1. The van der Waals surface area contributed by atoms with Gasteiger partial charge in [-0.25, -0.2) is 0 Å². The summed E-state index contributed by atoms with van der Waals surface area (Å²) >= 11 is 3.46. The predicted octanol–water partition coefficient (Wildman–Crippen LogP) is 5.96. The summed E-state index contributed by atoms with van der Waals surface area (Å²) in [7, 11) is 3.03. The van der Waals surface area contributed by atoms with Crippen LogP contribution in [-0.4, -0.2) is 31.0 Å². The second kappa shape index (κ2) is 9.96. The van der Waals surface area contributed by atoms with Crippen LogP contribution in [0.15, 0.2) is 70.7 Å². The number of carbonyl (C=O) groups excluding carboxylic acids is 2. The third-order valence-electron chi connectivity index (χ3n) is 6.22. The minimum Gasteiger partial charge on any atom is -0.507 e. The molecule has 180 valence electrons. The smallest absolute Gasteiger partial charge is 0.300 e. The van der Waals surface area contributed by atoms with Crippen molar-refractivity contribution in [2.75, 3.05) is 19.1 Å². The number of anilines is 1. The summed E-state index contributed by atoms with van der Waals surface area (Å²) in [4.78, 5) is 28.2. The molecule has 0 saturated carbocycles. The van der Waals surface area contributed by atoms with Gasteiger partial charge in [0, 0.05) is 21.8 Å². The molecule has 0 aliphatic carbocycles. The number of aliphatic hydroxyl groups excluding tert-OH is 1. The number of aliphatic hydroxyl groups is 1. The zero-order valence-electron chi connectivity index (χ0n) is 20.0. The Balaban J connectivity index is 1.94. The van der Waals surface area contributed by atoms with Crippen molar-refractivity contribution in [1.82, 2.24) is 0 Å². The molecule has 1 aliphatic rings. The lowest BCUT2D eigenvalue weighted by Crippen LogP contribution is -2.29. The number of ether oxygens (including phenoxy) is 2. The summed E-state index contributed by atoms with van der Waals surface area (Å²) in [6.07, 6.45) is 0.855. The summed E-state index contributed by atoms with van der Waals surface area (Å²) in [6.45, 7) is 3.95. The Morgan fingerprint density at radius 3 is 2.26 bits per heavy atom. The number of nitrogens with zero attached hydrogens (tertiary/aromatic N) is 1. The van der Waals surface area contributed by atoms with Crippen molar-refractivity contribution in [3.05, 3.63) is 93.0 Å². The molecule has 6 nitrogen and oxygen atoms in total. The van der Waals surface area contributed by atoms with Gasteiger partial charge in [0.1, 0.15) is 5.76 Å². The number of Topliss-reactive ketones (excluding diaryl/α,β-unsaturated/α-hetero) is 1. The van der Waals surface area contributed by atoms with E-state index >= 15 is 0 Å². The SMILES string of the molecule is CCc1ccc(C2/C(=C(\O)c3ccc(Br)c(C)c3)C(=O)C(=O)N2c2ccc(OC)c(OC)c2)cc1. The fourth-order valence-electron chi connectivity index (χ4n) is 4.27. The molecule has 1 fully saturated rings. The Bertz CT molecular complexity index is 1330. The second-order valence-corrected chi connectivity index (χ2v) is 9.12. The van der Waals surface area contributed by atoms with Gasteiger partial charge >= 0.3 is 0 Å². The summed E-state index contributed by atoms with van der Waals surface area (Å²) in [5.74, 6) is -0.761. The highest BCUT2D eigenvalue weighted by Crippen LogP contribution is 2.44. The molecule has 1 saturated heterocycles. The van der Waals surface area contributed by atoms with Crippen LogP contribution < -0.4 is 14.4 Å². The lowest BCUT2D eigenvalue weighted by Gasteiger charge is -2.26. The lowest BCUT2D eigenvalue weighted by molar-refractivity contribution is -0.132. The summed E-state index contributed by atoms with van der Waals surface area (Å²) in [6, 6.07) is 17.2. The van der Waals surface area contributed by atoms with Crippen LogP contribution in [-0.2, 0) is 16.0 Å². The Hall–Kier alpha value is -3.58. The van der Waals surface area contributed by atoms with Crippen molar-refractivity contribution in [3.8, 4) is 11.5 Å². The predicted molar refractivity (Wildman–Crippen MR) is 139 cm³/mol. The van der Waals surface area contributed by atoms with Gasteiger partial charge < -0.3 is 14.6 Å². The highest BCUT2D eigenvalue weighted by Gasteiger charge is 2.47. The van der Waals surface area contributed by atoms with Crippen molar-refractivity contribution in [2.45, 2.75) is 26.3 Å². The monoisotopic (exact) mass is 535 g/mol. The van der Waals surface area contributed by atoms with E-state index in [2.05, 4.69) is 22.9 Å². The number of ketones is 1. The van der Waals surface area contributed by atoms with Crippen molar-refractivity contribution in [2.24, 2.45) is 0 Å². The van der Waals surface area contributed by atoms with E-state index in [1.54, 1.807) is 36.4 Å². The van der Waals surface area contributed by atoms with Crippen LogP contribution in [0.3, 0.4) is 0 Å². The Labute approximate surface area is 212 Å². The first kappa shape index (κ1) is 24.5. The highest BCUT2D eigenvalue weighted by molar-refractivity contribution is 9.10. The number of rotatable bonds is 6. The second-order valence-electron chi connectivity index (χ2n) is 8.27. The molecule has 1 amide bonds. The van der Waals surface area contributed by atoms with Crippen molar-refractivity contribution < 1.29 is 24.2 Å². The maximum Gasteiger partial charge on any atom is 0.300 e. The van der Waals surface area contributed by atoms with E-state index in [-0.39, 0.29) is 11.3 Å². The summed E-state index contributed by atoms with van der Waals surface area (Å²) < 4.78 is 11.6. The molecule has 1 N–H and O–H groups in total. The zero-order chi connectivity index (χ0) is 25.3. The minimum atomic E-state index is -0.817. The normalized spacial score (nSPS) is 17.1. The van der Waals surface area contributed by atoms with Gasteiger partial charge in [0.2, 0.25) is 0 Å². The molecule has 1 heterocycles.